The van der Waals surface area contributed by atoms with Gasteiger partial charge < -0.3 is 29.0 Å². The molecule has 1 aliphatic rings. The summed E-state index contributed by atoms with van der Waals surface area (Å²) in [5.41, 5.74) is 0.985. The number of carbonyl (C=O) groups is 3. The van der Waals surface area contributed by atoms with Crippen LogP contribution < -0.4 is 14.8 Å². The molecule has 224 valence electrons. The van der Waals surface area contributed by atoms with E-state index in [0.717, 1.165) is 24.8 Å². The number of pyridine rings is 1. The molecule has 10 heteroatoms. The molecule has 0 saturated carbocycles. The highest BCUT2D eigenvalue weighted by Gasteiger charge is 2.35. The van der Waals surface area contributed by atoms with Gasteiger partial charge in [0.2, 0.25) is 6.79 Å². The number of ether oxygens (including phenoxy) is 5. The number of esters is 2. The molecule has 4 unspecified atom stereocenters. The van der Waals surface area contributed by atoms with Crippen molar-refractivity contribution in [3.05, 3.63) is 53.9 Å². The zero-order chi connectivity index (χ0) is 29.8. The molecule has 3 rings (SSSR count). The first-order valence-electron chi connectivity index (χ1n) is 14.2. The van der Waals surface area contributed by atoms with Crippen molar-refractivity contribution in [2.45, 2.75) is 84.7 Å². The maximum Gasteiger partial charge on any atom is 0.328 e. The first kappa shape index (κ1) is 31.9. The highest BCUT2D eigenvalue weighted by atomic mass is 16.7. The Morgan fingerprint density at radius 3 is 2.59 bits per heavy atom. The number of nitrogens with zero attached hydrogens (tertiary/aromatic N) is 1. The third kappa shape index (κ3) is 9.74. The van der Waals surface area contributed by atoms with E-state index in [-0.39, 0.29) is 29.2 Å². The molecule has 0 aliphatic carbocycles. The summed E-state index contributed by atoms with van der Waals surface area (Å²) < 4.78 is 28.0. The van der Waals surface area contributed by atoms with Gasteiger partial charge in [-0.2, -0.15) is 0 Å². The van der Waals surface area contributed by atoms with Crippen molar-refractivity contribution in [2.75, 3.05) is 13.9 Å². The third-order valence-electron chi connectivity index (χ3n) is 7.11. The second kappa shape index (κ2) is 16.0. The minimum absolute atomic E-state index is 0.00155. The average molecular weight is 571 g/mol. The number of nitrogens with one attached hydrogen (secondary N) is 1. The van der Waals surface area contributed by atoms with Crippen molar-refractivity contribution in [3.63, 3.8) is 0 Å². The molecular weight excluding hydrogens is 528 g/mol. The summed E-state index contributed by atoms with van der Waals surface area (Å²) in [5, 5.41) is 2.77. The van der Waals surface area contributed by atoms with Gasteiger partial charge in [0.1, 0.15) is 12.1 Å². The van der Waals surface area contributed by atoms with Gasteiger partial charge in [0, 0.05) is 25.1 Å². The maximum absolute atomic E-state index is 13.3. The van der Waals surface area contributed by atoms with Crippen LogP contribution in [0.2, 0.25) is 0 Å². The van der Waals surface area contributed by atoms with E-state index in [1.54, 1.807) is 0 Å². The molecule has 1 aliphatic heterocycles. The van der Waals surface area contributed by atoms with Crippen LogP contribution in [0.25, 0.3) is 0 Å². The smallest absolute Gasteiger partial charge is 0.328 e. The van der Waals surface area contributed by atoms with E-state index in [9.17, 15) is 14.4 Å². The Bertz CT molecular complexity index is 1140. The standard InChI is InChI=1S/C31H42N2O8/c1-20(2)14-15-24-21(3)41-31(36)25(12-9-13-26(24)38-18-23-10-7-6-8-11-23)33-30(35)28-29(40-19-39-22(4)34)27(37-5)16-17-32-28/h6-8,10-11,16-17,20-21,24-26H,9,12-15,18-19H2,1-5H3,(H,33,35). The number of hydrogen-bond donors (Lipinski definition) is 1. The minimum Gasteiger partial charge on any atom is -0.493 e. The minimum atomic E-state index is -0.891. The van der Waals surface area contributed by atoms with Crippen LogP contribution in [0.3, 0.4) is 0 Å². The summed E-state index contributed by atoms with van der Waals surface area (Å²) in [6.07, 6.45) is 4.46. The molecule has 1 N–H and O–H groups in total. The third-order valence-corrected chi connectivity index (χ3v) is 7.11. The lowest BCUT2D eigenvalue weighted by molar-refractivity contribution is -0.156. The first-order valence-corrected chi connectivity index (χ1v) is 14.2. The van der Waals surface area contributed by atoms with E-state index >= 15 is 0 Å². The van der Waals surface area contributed by atoms with Crippen molar-refractivity contribution in [2.24, 2.45) is 11.8 Å². The van der Waals surface area contributed by atoms with Gasteiger partial charge in [-0.15, -0.1) is 0 Å². The molecule has 2 heterocycles. The van der Waals surface area contributed by atoms with E-state index in [2.05, 4.69) is 24.1 Å². The fraction of sp³-hybridized carbons (Fsp3) is 0.548. The molecule has 41 heavy (non-hydrogen) atoms. The number of cyclic esters (lactones) is 1. The van der Waals surface area contributed by atoms with Gasteiger partial charge in [0.15, 0.2) is 17.2 Å². The maximum atomic E-state index is 13.3. The molecule has 1 aromatic carbocycles. The van der Waals surface area contributed by atoms with Crippen molar-refractivity contribution in [1.82, 2.24) is 10.3 Å². The van der Waals surface area contributed by atoms with E-state index in [1.165, 1.54) is 26.3 Å². The Morgan fingerprint density at radius 1 is 1.15 bits per heavy atom. The zero-order valence-corrected chi connectivity index (χ0v) is 24.6. The Morgan fingerprint density at radius 2 is 1.90 bits per heavy atom. The number of aromatic nitrogens is 1. The zero-order valence-electron chi connectivity index (χ0n) is 24.6. The van der Waals surface area contributed by atoms with Crippen LogP contribution in [0.5, 0.6) is 11.5 Å². The Balaban J connectivity index is 1.76. The van der Waals surface area contributed by atoms with Gasteiger partial charge in [-0.05, 0) is 44.1 Å². The molecule has 0 bridgehead atoms. The van der Waals surface area contributed by atoms with Crippen LogP contribution >= 0.6 is 0 Å². The van der Waals surface area contributed by atoms with Crippen LogP contribution in [0.4, 0.5) is 0 Å². The van der Waals surface area contributed by atoms with E-state index in [1.807, 2.05) is 37.3 Å². The molecule has 1 saturated heterocycles. The Labute approximate surface area is 242 Å². The molecule has 10 nitrogen and oxygen atoms in total. The second-order valence-electron chi connectivity index (χ2n) is 10.7. The van der Waals surface area contributed by atoms with Gasteiger partial charge in [-0.3, -0.25) is 9.59 Å². The highest BCUT2D eigenvalue weighted by molar-refractivity contribution is 5.98. The summed E-state index contributed by atoms with van der Waals surface area (Å²) in [5.74, 6) is -0.936. The van der Waals surface area contributed by atoms with Gasteiger partial charge in [0.05, 0.1) is 19.8 Å². The average Bonchev–Trinajstić information content (AvgIpc) is 2.99. The molecule has 1 aromatic heterocycles. The quantitative estimate of drug-likeness (QED) is 0.282. The molecule has 1 amide bonds. The SMILES string of the molecule is COc1ccnc(C(=O)NC2CCCC(OCc3ccccc3)C(CCC(C)C)C(C)OC2=O)c1OCOC(C)=O. The fourth-order valence-electron chi connectivity index (χ4n) is 4.86. The number of carbonyl (C=O) groups excluding carboxylic acids is 3. The summed E-state index contributed by atoms with van der Waals surface area (Å²) in [6.45, 7) is 7.54. The van der Waals surface area contributed by atoms with Crippen molar-refractivity contribution in [1.29, 1.82) is 0 Å². The Kier molecular flexibility index (Phi) is 12.4. The van der Waals surface area contributed by atoms with Crippen LogP contribution in [0.1, 0.15) is 75.9 Å². The number of methoxy groups -OCH3 is 1. The molecular formula is C31H42N2O8. The van der Waals surface area contributed by atoms with Crippen LogP contribution in [-0.4, -0.2) is 55.0 Å². The van der Waals surface area contributed by atoms with Gasteiger partial charge in [-0.25, -0.2) is 9.78 Å². The molecule has 4 atom stereocenters. The van der Waals surface area contributed by atoms with E-state index in [0.29, 0.717) is 25.4 Å². The lowest BCUT2D eigenvalue weighted by Crippen LogP contribution is -2.43. The van der Waals surface area contributed by atoms with Crippen LogP contribution in [0, 0.1) is 11.8 Å². The highest BCUT2D eigenvalue weighted by Crippen LogP contribution is 2.31. The molecule has 0 radical (unpaired) electrons. The van der Waals surface area contributed by atoms with E-state index in [4.69, 9.17) is 23.7 Å². The fourth-order valence-corrected chi connectivity index (χ4v) is 4.86. The normalized spacial score (nSPS) is 21.2. The predicted octanol–water partition coefficient (Wildman–Crippen LogP) is 4.84. The largest absolute Gasteiger partial charge is 0.493 e. The number of rotatable bonds is 12. The van der Waals surface area contributed by atoms with Crippen molar-refractivity contribution >= 4 is 17.8 Å². The van der Waals surface area contributed by atoms with Crippen molar-refractivity contribution in [3.8, 4) is 11.5 Å². The van der Waals surface area contributed by atoms with Gasteiger partial charge >= 0.3 is 11.9 Å². The number of amides is 1. The summed E-state index contributed by atoms with van der Waals surface area (Å²) in [6, 6.07) is 10.6. The number of hydrogen-bond acceptors (Lipinski definition) is 9. The second-order valence-corrected chi connectivity index (χ2v) is 10.7. The predicted molar refractivity (Wildman–Crippen MR) is 151 cm³/mol. The molecule has 2 aromatic rings. The van der Waals surface area contributed by atoms with Crippen LogP contribution in [-0.2, 0) is 30.4 Å². The van der Waals surface area contributed by atoms with Crippen LogP contribution in [0.15, 0.2) is 42.6 Å². The summed E-state index contributed by atoms with van der Waals surface area (Å²) in [4.78, 5) is 41.9. The lowest BCUT2D eigenvalue weighted by atomic mass is 9.86. The van der Waals surface area contributed by atoms with Gasteiger partial charge in [-0.1, -0.05) is 50.6 Å². The van der Waals surface area contributed by atoms with E-state index < -0.39 is 36.8 Å². The summed E-state index contributed by atoms with van der Waals surface area (Å²) >= 11 is 0. The topological polar surface area (TPSA) is 122 Å². The molecule has 1 fully saturated rings. The monoisotopic (exact) mass is 570 g/mol. The molecule has 0 spiro atoms. The first-order chi connectivity index (χ1) is 19.7. The number of benzene rings is 1. The van der Waals surface area contributed by atoms with Gasteiger partial charge in [0.25, 0.3) is 5.91 Å². The Hall–Kier alpha value is -3.66. The summed E-state index contributed by atoms with van der Waals surface area (Å²) in [7, 11) is 1.42. The van der Waals surface area contributed by atoms with Crippen molar-refractivity contribution < 1.29 is 38.1 Å². The lowest BCUT2D eigenvalue weighted by Gasteiger charge is -2.31.